The lowest BCUT2D eigenvalue weighted by atomic mass is 10.1. The molecule has 7 nitrogen and oxygen atoms in total. The number of carbonyl (C=O) groups is 2. The topological polar surface area (TPSA) is 77.1 Å². The van der Waals surface area contributed by atoms with Gasteiger partial charge in [0.05, 0.1) is 27.2 Å². The standard InChI is InChI=1S/C23H29ClN2O5/c1-16(23(28)25-11-12-29-2)26(15-17-5-8-19(24)9-6-17)22(27)14-18-7-10-20(30-3)21(13-18)31-4/h5-10,13,16H,11-12,14-15H2,1-4H3,(H,25,28)/t16-/m0/s1. The van der Waals surface area contributed by atoms with Gasteiger partial charge in [-0.15, -0.1) is 0 Å². The molecule has 168 valence electrons. The number of carbonyl (C=O) groups excluding carboxylic acids is 2. The van der Waals surface area contributed by atoms with Crippen LogP contribution in [-0.4, -0.2) is 57.2 Å². The molecule has 0 heterocycles. The van der Waals surface area contributed by atoms with Gasteiger partial charge in [0.2, 0.25) is 11.8 Å². The van der Waals surface area contributed by atoms with Crippen molar-refractivity contribution in [3.8, 4) is 11.5 Å². The zero-order chi connectivity index (χ0) is 22.8. The molecule has 8 heteroatoms. The number of hydrogen-bond acceptors (Lipinski definition) is 5. The molecule has 1 atom stereocenters. The number of amides is 2. The second-order valence-corrected chi connectivity index (χ2v) is 7.41. The third-order valence-electron chi connectivity index (χ3n) is 4.84. The normalized spacial score (nSPS) is 11.5. The van der Waals surface area contributed by atoms with Crippen LogP contribution in [0.4, 0.5) is 0 Å². The van der Waals surface area contributed by atoms with E-state index in [0.717, 1.165) is 11.1 Å². The van der Waals surface area contributed by atoms with Crippen molar-refractivity contribution in [1.82, 2.24) is 10.2 Å². The summed E-state index contributed by atoms with van der Waals surface area (Å²) in [5, 5.41) is 3.40. The van der Waals surface area contributed by atoms with Crippen molar-refractivity contribution in [3.63, 3.8) is 0 Å². The third kappa shape index (κ3) is 7.15. The van der Waals surface area contributed by atoms with E-state index in [1.54, 1.807) is 57.4 Å². The highest BCUT2D eigenvalue weighted by Gasteiger charge is 2.26. The molecule has 2 aromatic carbocycles. The quantitative estimate of drug-likeness (QED) is 0.534. The summed E-state index contributed by atoms with van der Waals surface area (Å²) in [6.45, 7) is 2.76. The minimum Gasteiger partial charge on any atom is -0.493 e. The first-order valence-electron chi connectivity index (χ1n) is 9.91. The summed E-state index contributed by atoms with van der Waals surface area (Å²) < 4.78 is 15.6. The molecule has 2 amide bonds. The van der Waals surface area contributed by atoms with Crippen molar-refractivity contribution < 1.29 is 23.8 Å². The lowest BCUT2D eigenvalue weighted by Crippen LogP contribution is -2.48. The Kier molecular flexibility index (Phi) is 9.62. The van der Waals surface area contributed by atoms with Crippen LogP contribution in [0.5, 0.6) is 11.5 Å². The van der Waals surface area contributed by atoms with Crippen LogP contribution in [0.15, 0.2) is 42.5 Å². The van der Waals surface area contributed by atoms with Crippen LogP contribution < -0.4 is 14.8 Å². The average molecular weight is 449 g/mol. The van der Waals surface area contributed by atoms with E-state index in [1.807, 2.05) is 18.2 Å². The van der Waals surface area contributed by atoms with E-state index >= 15 is 0 Å². The van der Waals surface area contributed by atoms with Gasteiger partial charge in [0.1, 0.15) is 6.04 Å². The molecule has 0 aliphatic heterocycles. The van der Waals surface area contributed by atoms with Crippen LogP contribution in [0.3, 0.4) is 0 Å². The zero-order valence-electron chi connectivity index (χ0n) is 18.3. The number of hydrogen-bond donors (Lipinski definition) is 1. The van der Waals surface area contributed by atoms with Gasteiger partial charge in [0, 0.05) is 25.2 Å². The van der Waals surface area contributed by atoms with E-state index in [-0.39, 0.29) is 24.8 Å². The summed E-state index contributed by atoms with van der Waals surface area (Å²) in [5.74, 6) is 0.702. The van der Waals surface area contributed by atoms with Gasteiger partial charge in [0.25, 0.3) is 0 Å². The molecule has 0 spiro atoms. The van der Waals surface area contributed by atoms with Crippen LogP contribution in [0.25, 0.3) is 0 Å². The summed E-state index contributed by atoms with van der Waals surface area (Å²) in [5.41, 5.74) is 1.64. The molecule has 0 unspecified atom stereocenters. The molecule has 0 aliphatic carbocycles. The molecule has 0 radical (unpaired) electrons. The molecular formula is C23H29ClN2O5. The summed E-state index contributed by atoms with van der Waals surface area (Å²) in [7, 11) is 4.66. The van der Waals surface area contributed by atoms with E-state index in [1.165, 1.54) is 0 Å². The maximum absolute atomic E-state index is 13.2. The second-order valence-electron chi connectivity index (χ2n) is 6.97. The van der Waals surface area contributed by atoms with Crippen LogP contribution >= 0.6 is 11.6 Å². The predicted octanol–water partition coefficient (Wildman–Crippen LogP) is 3.08. The van der Waals surface area contributed by atoms with Gasteiger partial charge in [-0.2, -0.15) is 0 Å². The maximum Gasteiger partial charge on any atom is 0.242 e. The van der Waals surface area contributed by atoms with Gasteiger partial charge in [-0.1, -0.05) is 29.8 Å². The van der Waals surface area contributed by atoms with Gasteiger partial charge in [-0.25, -0.2) is 0 Å². The molecule has 2 rings (SSSR count). The number of methoxy groups -OCH3 is 3. The lowest BCUT2D eigenvalue weighted by molar-refractivity contribution is -0.140. The Labute approximate surface area is 188 Å². The van der Waals surface area contributed by atoms with E-state index in [9.17, 15) is 9.59 Å². The molecule has 0 aromatic heterocycles. The Bertz CT molecular complexity index is 873. The highest BCUT2D eigenvalue weighted by Crippen LogP contribution is 2.28. The van der Waals surface area contributed by atoms with Crippen molar-refractivity contribution >= 4 is 23.4 Å². The van der Waals surface area contributed by atoms with Crippen LogP contribution in [0.2, 0.25) is 5.02 Å². The summed E-state index contributed by atoms with van der Waals surface area (Å²) >= 11 is 5.98. The fraction of sp³-hybridized carbons (Fsp3) is 0.391. The highest BCUT2D eigenvalue weighted by atomic mass is 35.5. The van der Waals surface area contributed by atoms with Crippen LogP contribution in [0, 0.1) is 0 Å². The fourth-order valence-corrected chi connectivity index (χ4v) is 3.19. The smallest absolute Gasteiger partial charge is 0.242 e. The van der Waals surface area contributed by atoms with Crippen molar-refractivity contribution in [2.45, 2.75) is 25.9 Å². The van der Waals surface area contributed by atoms with E-state index < -0.39 is 6.04 Å². The van der Waals surface area contributed by atoms with Crippen LogP contribution in [0.1, 0.15) is 18.1 Å². The minimum atomic E-state index is -0.667. The predicted molar refractivity (Wildman–Crippen MR) is 120 cm³/mol. The molecule has 0 aliphatic rings. The Morgan fingerprint density at radius 3 is 2.26 bits per heavy atom. The molecule has 1 N–H and O–H groups in total. The molecule has 0 saturated carbocycles. The van der Waals surface area contributed by atoms with E-state index in [2.05, 4.69) is 5.32 Å². The van der Waals surface area contributed by atoms with E-state index in [4.69, 9.17) is 25.8 Å². The number of ether oxygens (including phenoxy) is 3. The first-order valence-corrected chi connectivity index (χ1v) is 10.3. The number of benzene rings is 2. The summed E-state index contributed by atoms with van der Waals surface area (Å²) in [6.07, 6.45) is 0.115. The third-order valence-corrected chi connectivity index (χ3v) is 5.09. The maximum atomic E-state index is 13.2. The van der Waals surface area contributed by atoms with Gasteiger partial charge in [-0.3, -0.25) is 9.59 Å². The minimum absolute atomic E-state index is 0.115. The number of nitrogens with one attached hydrogen (secondary N) is 1. The Morgan fingerprint density at radius 2 is 1.65 bits per heavy atom. The van der Waals surface area contributed by atoms with Crippen LogP contribution in [-0.2, 0) is 27.3 Å². The van der Waals surface area contributed by atoms with Gasteiger partial charge in [-0.05, 0) is 42.3 Å². The first-order chi connectivity index (χ1) is 14.9. The molecule has 31 heavy (non-hydrogen) atoms. The summed E-state index contributed by atoms with van der Waals surface area (Å²) in [4.78, 5) is 27.4. The Hall–Kier alpha value is -2.77. The van der Waals surface area contributed by atoms with Crippen molar-refractivity contribution in [1.29, 1.82) is 0 Å². The Morgan fingerprint density at radius 1 is 1.00 bits per heavy atom. The molecule has 0 fully saturated rings. The van der Waals surface area contributed by atoms with Crippen molar-refractivity contribution in [3.05, 3.63) is 58.6 Å². The van der Waals surface area contributed by atoms with Gasteiger partial charge >= 0.3 is 0 Å². The monoisotopic (exact) mass is 448 g/mol. The molecule has 2 aromatic rings. The van der Waals surface area contributed by atoms with Crippen molar-refractivity contribution in [2.75, 3.05) is 34.5 Å². The highest BCUT2D eigenvalue weighted by molar-refractivity contribution is 6.30. The molecule has 0 bridgehead atoms. The lowest BCUT2D eigenvalue weighted by Gasteiger charge is -2.29. The first kappa shape index (κ1) is 24.5. The number of nitrogens with zero attached hydrogens (tertiary/aromatic N) is 1. The number of rotatable bonds is 11. The van der Waals surface area contributed by atoms with E-state index in [0.29, 0.717) is 29.7 Å². The largest absolute Gasteiger partial charge is 0.493 e. The molecule has 0 saturated heterocycles. The van der Waals surface area contributed by atoms with Crippen molar-refractivity contribution in [2.24, 2.45) is 0 Å². The molecular weight excluding hydrogens is 420 g/mol. The zero-order valence-corrected chi connectivity index (χ0v) is 19.1. The SMILES string of the molecule is COCCNC(=O)[C@H](C)N(Cc1ccc(Cl)cc1)C(=O)Cc1ccc(OC)c(OC)c1. The Balaban J connectivity index is 2.22. The average Bonchev–Trinajstić information content (AvgIpc) is 2.78. The second kappa shape index (κ2) is 12.2. The van der Waals surface area contributed by atoms with Gasteiger partial charge in [0.15, 0.2) is 11.5 Å². The van der Waals surface area contributed by atoms with Gasteiger partial charge < -0.3 is 24.4 Å². The fourth-order valence-electron chi connectivity index (χ4n) is 3.06. The summed E-state index contributed by atoms with van der Waals surface area (Å²) in [6, 6.07) is 11.9. The number of halogens is 1.